The van der Waals surface area contributed by atoms with Crippen molar-refractivity contribution in [2.45, 2.75) is 41.5 Å². The molecular formula is C12H23NO3. The van der Waals surface area contributed by atoms with E-state index in [0.717, 1.165) is 0 Å². The van der Waals surface area contributed by atoms with Crippen molar-refractivity contribution in [1.82, 2.24) is 5.32 Å². The van der Waals surface area contributed by atoms with Crippen LogP contribution in [-0.4, -0.2) is 23.5 Å². The smallest absolute Gasteiger partial charge is 0.308 e. The van der Waals surface area contributed by atoms with Crippen molar-refractivity contribution in [2.75, 3.05) is 6.54 Å². The van der Waals surface area contributed by atoms with Gasteiger partial charge in [0.15, 0.2) is 0 Å². The zero-order valence-corrected chi connectivity index (χ0v) is 11.0. The molecule has 0 aromatic carbocycles. The summed E-state index contributed by atoms with van der Waals surface area (Å²) >= 11 is 0. The van der Waals surface area contributed by atoms with Gasteiger partial charge in [-0.25, -0.2) is 0 Å². The lowest BCUT2D eigenvalue weighted by Gasteiger charge is -2.28. The standard InChI is InChI=1S/C12H23NO3/c1-11(2,3)8(9(14)15)7-13-10(16)12(4,5)6/h8H,7H2,1-6H3,(H,13,16)(H,14,15). The van der Waals surface area contributed by atoms with Gasteiger partial charge in [0, 0.05) is 12.0 Å². The van der Waals surface area contributed by atoms with Crippen LogP contribution in [0.1, 0.15) is 41.5 Å². The number of carboxylic acid groups (broad SMARTS) is 1. The molecule has 4 nitrogen and oxygen atoms in total. The highest BCUT2D eigenvalue weighted by atomic mass is 16.4. The summed E-state index contributed by atoms with van der Waals surface area (Å²) in [5.41, 5.74) is -0.849. The quantitative estimate of drug-likeness (QED) is 0.776. The lowest BCUT2D eigenvalue weighted by atomic mass is 9.80. The molecule has 0 aliphatic heterocycles. The van der Waals surface area contributed by atoms with Crippen molar-refractivity contribution in [3.05, 3.63) is 0 Å². The Morgan fingerprint density at radius 1 is 1.12 bits per heavy atom. The lowest BCUT2D eigenvalue weighted by molar-refractivity contribution is -0.145. The van der Waals surface area contributed by atoms with Gasteiger partial charge in [-0.1, -0.05) is 41.5 Å². The van der Waals surface area contributed by atoms with Crippen LogP contribution in [0.3, 0.4) is 0 Å². The molecule has 94 valence electrons. The van der Waals surface area contributed by atoms with E-state index in [9.17, 15) is 9.59 Å². The molecule has 0 saturated carbocycles. The molecule has 1 atom stereocenters. The van der Waals surface area contributed by atoms with Crippen molar-refractivity contribution in [1.29, 1.82) is 0 Å². The van der Waals surface area contributed by atoms with Crippen molar-refractivity contribution in [3.8, 4) is 0 Å². The van der Waals surface area contributed by atoms with Crippen molar-refractivity contribution in [2.24, 2.45) is 16.7 Å². The molecule has 0 aliphatic rings. The van der Waals surface area contributed by atoms with Gasteiger partial charge in [-0.15, -0.1) is 0 Å². The molecular weight excluding hydrogens is 206 g/mol. The fourth-order valence-corrected chi connectivity index (χ4v) is 1.22. The van der Waals surface area contributed by atoms with Crippen LogP contribution in [0.15, 0.2) is 0 Å². The molecule has 0 bridgehead atoms. The number of rotatable bonds is 3. The molecule has 4 heteroatoms. The number of carbonyl (C=O) groups is 2. The van der Waals surface area contributed by atoms with Crippen LogP contribution < -0.4 is 5.32 Å². The van der Waals surface area contributed by atoms with Gasteiger partial charge in [0.05, 0.1) is 5.92 Å². The Hall–Kier alpha value is -1.06. The van der Waals surface area contributed by atoms with Crippen LogP contribution in [0.2, 0.25) is 0 Å². The van der Waals surface area contributed by atoms with Gasteiger partial charge < -0.3 is 10.4 Å². The van der Waals surface area contributed by atoms with E-state index in [1.54, 1.807) is 20.8 Å². The Kier molecular flexibility index (Phi) is 4.53. The van der Waals surface area contributed by atoms with E-state index in [2.05, 4.69) is 5.32 Å². The van der Waals surface area contributed by atoms with E-state index in [-0.39, 0.29) is 17.9 Å². The van der Waals surface area contributed by atoms with Gasteiger partial charge in [-0.3, -0.25) is 9.59 Å². The SMILES string of the molecule is CC(C)(C)C(=O)NCC(C(=O)O)C(C)(C)C. The molecule has 0 fully saturated rings. The maximum absolute atomic E-state index is 11.6. The van der Waals surface area contributed by atoms with Crippen LogP contribution in [-0.2, 0) is 9.59 Å². The first-order chi connectivity index (χ1) is 6.96. The second-order valence-electron chi connectivity index (χ2n) is 6.22. The molecule has 0 rings (SSSR count). The largest absolute Gasteiger partial charge is 0.481 e. The maximum atomic E-state index is 11.6. The van der Waals surface area contributed by atoms with Gasteiger partial charge >= 0.3 is 5.97 Å². The number of carboxylic acids is 1. The molecule has 0 saturated heterocycles. The van der Waals surface area contributed by atoms with Crippen LogP contribution >= 0.6 is 0 Å². The van der Waals surface area contributed by atoms with Gasteiger partial charge in [-0.2, -0.15) is 0 Å². The highest BCUT2D eigenvalue weighted by Gasteiger charge is 2.32. The first kappa shape index (κ1) is 14.9. The normalized spacial score (nSPS) is 14.4. The van der Waals surface area contributed by atoms with Crippen LogP contribution in [0.4, 0.5) is 0 Å². The van der Waals surface area contributed by atoms with Gasteiger partial charge in [0.1, 0.15) is 0 Å². The minimum atomic E-state index is -0.873. The molecule has 0 aromatic heterocycles. The Labute approximate surface area is 97.4 Å². The van der Waals surface area contributed by atoms with Crippen LogP contribution in [0.25, 0.3) is 0 Å². The molecule has 0 radical (unpaired) electrons. The van der Waals surface area contributed by atoms with Crippen molar-refractivity contribution >= 4 is 11.9 Å². The Bertz CT molecular complexity index is 271. The second kappa shape index (κ2) is 4.85. The average molecular weight is 229 g/mol. The molecule has 0 spiro atoms. The Morgan fingerprint density at radius 3 is 1.81 bits per heavy atom. The third-order valence-corrected chi connectivity index (χ3v) is 2.49. The fourth-order valence-electron chi connectivity index (χ4n) is 1.22. The Balaban J connectivity index is 4.48. The summed E-state index contributed by atoms with van der Waals surface area (Å²) in [6, 6.07) is 0. The average Bonchev–Trinajstić information content (AvgIpc) is 1.98. The van der Waals surface area contributed by atoms with Gasteiger partial charge in [0.2, 0.25) is 5.91 Å². The molecule has 1 amide bonds. The molecule has 0 aromatic rings. The lowest BCUT2D eigenvalue weighted by Crippen LogP contribution is -2.43. The second-order valence-corrected chi connectivity index (χ2v) is 6.22. The topological polar surface area (TPSA) is 66.4 Å². The summed E-state index contributed by atoms with van der Waals surface area (Å²) in [7, 11) is 0. The van der Waals surface area contributed by atoms with E-state index in [1.807, 2.05) is 20.8 Å². The highest BCUT2D eigenvalue weighted by molar-refractivity contribution is 5.82. The first-order valence-electron chi connectivity index (χ1n) is 5.47. The minimum absolute atomic E-state index is 0.122. The zero-order chi connectivity index (χ0) is 13.1. The van der Waals surface area contributed by atoms with Crippen molar-refractivity contribution < 1.29 is 14.7 Å². The highest BCUT2D eigenvalue weighted by Crippen LogP contribution is 2.25. The van der Waals surface area contributed by atoms with Crippen LogP contribution in [0, 0.1) is 16.7 Å². The number of hydrogen-bond donors (Lipinski definition) is 2. The molecule has 2 N–H and O–H groups in total. The summed E-state index contributed by atoms with van der Waals surface area (Å²) in [4.78, 5) is 22.7. The predicted molar refractivity (Wildman–Crippen MR) is 63.0 cm³/mol. The van der Waals surface area contributed by atoms with E-state index in [4.69, 9.17) is 5.11 Å². The first-order valence-corrected chi connectivity index (χ1v) is 5.47. The summed E-state index contributed by atoms with van der Waals surface area (Å²) in [6.45, 7) is 11.1. The summed E-state index contributed by atoms with van der Waals surface area (Å²) in [6.07, 6.45) is 0. The summed E-state index contributed by atoms with van der Waals surface area (Å²) in [5.74, 6) is -1.57. The van der Waals surface area contributed by atoms with E-state index < -0.39 is 17.3 Å². The number of aliphatic carboxylic acids is 1. The van der Waals surface area contributed by atoms with E-state index in [1.165, 1.54) is 0 Å². The number of carbonyl (C=O) groups excluding carboxylic acids is 1. The van der Waals surface area contributed by atoms with Crippen LogP contribution in [0.5, 0.6) is 0 Å². The minimum Gasteiger partial charge on any atom is -0.481 e. The number of hydrogen-bond acceptors (Lipinski definition) is 2. The third kappa shape index (κ3) is 4.64. The van der Waals surface area contributed by atoms with Gasteiger partial charge in [-0.05, 0) is 5.41 Å². The number of nitrogens with one attached hydrogen (secondary N) is 1. The molecule has 0 heterocycles. The maximum Gasteiger partial charge on any atom is 0.308 e. The molecule has 1 unspecified atom stereocenters. The van der Waals surface area contributed by atoms with Gasteiger partial charge in [0.25, 0.3) is 0 Å². The monoisotopic (exact) mass is 229 g/mol. The molecule has 16 heavy (non-hydrogen) atoms. The number of amides is 1. The summed E-state index contributed by atoms with van der Waals surface area (Å²) in [5, 5.41) is 11.8. The fraction of sp³-hybridized carbons (Fsp3) is 0.833. The summed E-state index contributed by atoms with van der Waals surface area (Å²) < 4.78 is 0. The molecule has 0 aliphatic carbocycles. The third-order valence-electron chi connectivity index (χ3n) is 2.49. The van der Waals surface area contributed by atoms with Crippen molar-refractivity contribution in [3.63, 3.8) is 0 Å². The van der Waals surface area contributed by atoms with E-state index in [0.29, 0.717) is 0 Å². The Morgan fingerprint density at radius 2 is 1.56 bits per heavy atom. The predicted octanol–water partition coefficient (Wildman–Crippen LogP) is 1.90. The zero-order valence-electron chi connectivity index (χ0n) is 11.0. The van der Waals surface area contributed by atoms with E-state index >= 15 is 0 Å².